The molecule has 0 aliphatic carbocycles. The first-order valence-electron chi connectivity index (χ1n) is 6.07. The van der Waals surface area contributed by atoms with E-state index in [4.69, 9.17) is 27.9 Å². The third kappa shape index (κ3) is 2.45. The number of halogens is 2. The van der Waals surface area contributed by atoms with Gasteiger partial charge in [0.15, 0.2) is 5.78 Å². The van der Waals surface area contributed by atoms with E-state index in [1.807, 2.05) is 18.2 Å². The SMILES string of the molecule is O=C1/C(=C\c2ccc(Cl)c(Cl)c2)COc2ccccc21. The number of rotatable bonds is 1. The number of carbonyl (C=O) groups is 1. The zero-order chi connectivity index (χ0) is 14.1. The van der Waals surface area contributed by atoms with Crippen molar-refractivity contribution in [2.75, 3.05) is 6.61 Å². The van der Waals surface area contributed by atoms with Crippen LogP contribution in [0.4, 0.5) is 0 Å². The Labute approximate surface area is 126 Å². The van der Waals surface area contributed by atoms with Gasteiger partial charge in [-0.3, -0.25) is 4.79 Å². The Balaban J connectivity index is 1.97. The number of hydrogen-bond donors (Lipinski definition) is 0. The Morgan fingerprint density at radius 2 is 1.85 bits per heavy atom. The van der Waals surface area contributed by atoms with Crippen LogP contribution in [0.5, 0.6) is 5.75 Å². The van der Waals surface area contributed by atoms with Crippen molar-refractivity contribution in [2.45, 2.75) is 0 Å². The van der Waals surface area contributed by atoms with E-state index < -0.39 is 0 Å². The maximum Gasteiger partial charge on any atom is 0.196 e. The largest absolute Gasteiger partial charge is 0.488 e. The van der Waals surface area contributed by atoms with E-state index in [-0.39, 0.29) is 12.4 Å². The van der Waals surface area contributed by atoms with Gasteiger partial charge in [-0.05, 0) is 35.9 Å². The molecule has 100 valence electrons. The van der Waals surface area contributed by atoms with Crippen LogP contribution < -0.4 is 4.74 Å². The van der Waals surface area contributed by atoms with Crippen molar-refractivity contribution in [1.82, 2.24) is 0 Å². The molecule has 0 unspecified atom stereocenters. The second kappa shape index (κ2) is 5.31. The van der Waals surface area contributed by atoms with Crippen molar-refractivity contribution >= 4 is 35.1 Å². The lowest BCUT2D eigenvalue weighted by atomic mass is 9.98. The Hall–Kier alpha value is -1.77. The number of ketones is 1. The molecule has 0 atom stereocenters. The summed E-state index contributed by atoms with van der Waals surface area (Å²) in [4.78, 5) is 12.4. The summed E-state index contributed by atoms with van der Waals surface area (Å²) in [6.45, 7) is 0.260. The molecule has 0 amide bonds. The molecule has 1 aliphatic heterocycles. The second-order valence-electron chi connectivity index (χ2n) is 4.46. The van der Waals surface area contributed by atoms with Crippen LogP contribution in [0.2, 0.25) is 10.0 Å². The van der Waals surface area contributed by atoms with E-state index in [1.165, 1.54) is 0 Å². The molecule has 20 heavy (non-hydrogen) atoms. The van der Waals surface area contributed by atoms with Crippen molar-refractivity contribution < 1.29 is 9.53 Å². The van der Waals surface area contributed by atoms with Crippen molar-refractivity contribution in [3.63, 3.8) is 0 Å². The first kappa shape index (κ1) is 13.2. The van der Waals surface area contributed by atoms with Gasteiger partial charge in [-0.25, -0.2) is 0 Å². The van der Waals surface area contributed by atoms with Gasteiger partial charge >= 0.3 is 0 Å². The zero-order valence-corrected chi connectivity index (χ0v) is 11.9. The molecule has 1 heterocycles. The van der Waals surface area contributed by atoms with Crippen molar-refractivity contribution in [2.24, 2.45) is 0 Å². The molecule has 2 nitrogen and oxygen atoms in total. The highest BCUT2D eigenvalue weighted by Gasteiger charge is 2.22. The highest BCUT2D eigenvalue weighted by atomic mass is 35.5. The molecule has 3 rings (SSSR count). The summed E-state index contributed by atoms with van der Waals surface area (Å²) in [5.41, 5.74) is 2.01. The van der Waals surface area contributed by atoms with Crippen LogP contribution in [0, 0.1) is 0 Å². The number of ether oxygens (including phenoxy) is 1. The van der Waals surface area contributed by atoms with E-state index >= 15 is 0 Å². The van der Waals surface area contributed by atoms with Crippen LogP contribution >= 0.6 is 23.2 Å². The van der Waals surface area contributed by atoms with Crippen molar-refractivity contribution in [3.05, 3.63) is 69.2 Å². The predicted molar refractivity (Wildman–Crippen MR) is 80.7 cm³/mol. The number of fused-ring (bicyclic) bond motifs is 1. The number of para-hydroxylation sites is 1. The molecule has 0 bridgehead atoms. The Morgan fingerprint density at radius 1 is 1.05 bits per heavy atom. The van der Waals surface area contributed by atoms with Crippen molar-refractivity contribution in [1.29, 1.82) is 0 Å². The summed E-state index contributed by atoms with van der Waals surface area (Å²) in [6, 6.07) is 12.5. The van der Waals surface area contributed by atoms with Crippen LogP contribution in [-0.4, -0.2) is 12.4 Å². The molecule has 0 saturated heterocycles. The number of benzene rings is 2. The summed E-state index contributed by atoms with van der Waals surface area (Å²) in [5, 5.41) is 0.955. The fourth-order valence-electron chi connectivity index (χ4n) is 2.08. The number of carbonyl (C=O) groups excluding carboxylic acids is 1. The minimum absolute atomic E-state index is 0.0158. The van der Waals surface area contributed by atoms with E-state index in [9.17, 15) is 4.79 Å². The van der Waals surface area contributed by atoms with E-state index in [0.29, 0.717) is 26.9 Å². The fourth-order valence-corrected chi connectivity index (χ4v) is 2.39. The van der Waals surface area contributed by atoms with Crippen molar-refractivity contribution in [3.8, 4) is 5.75 Å². The average Bonchev–Trinajstić information content (AvgIpc) is 2.46. The summed E-state index contributed by atoms with van der Waals surface area (Å²) in [6.07, 6.45) is 1.78. The zero-order valence-electron chi connectivity index (χ0n) is 10.4. The molecule has 0 fully saturated rings. The van der Waals surface area contributed by atoms with E-state index in [1.54, 1.807) is 30.3 Å². The summed E-state index contributed by atoms with van der Waals surface area (Å²) < 4.78 is 5.58. The topological polar surface area (TPSA) is 26.3 Å². The predicted octanol–water partition coefficient (Wildman–Crippen LogP) is 4.65. The summed E-state index contributed by atoms with van der Waals surface area (Å²) in [7, 11) is 0. The lowest BCUT2D eigenvalue weighted by Crippen LogP contribution is -2.18. The molecule has 4 heteroatoms. The maximum absolute atomic E-state index is 12.4. The van der Waals surface area contributed by atoms with Gasteiger partial charge < -0.3 is 4.74 Å². The molecular weight excluding hydrogens is 295 g/mol. The van der Waals surface area contributed by atoms with Gasteiger partial charge in [0.05, 0.1) is 15.6 Å². The number of hydrogen-bond acceptors (Lipinski definition) is 2. The standard InChI is InChI=1S/C16H10Cl2O2/c17-13-6-5-10(8-14(13)18)7-11-9-20-15-4-2-1-3-12(15)16(11)19/h1-8H,9H2/b11-7-. The summed E-state index contributed by atoms with van der Waals surface area (Å²) in [5.74, 6) is 0.613. The lowest BCUT2D eigenvalue weighted by molar-refractivity contribution is 0.100. The second-order valence-corrected chi connectivity index (χ2v) is 5.27. The van der Waals surface area contributed by atoms with Gasteiger partial charge in [-0.15, -0.1) is 0 Å². The Morgan fingerprint density at radius 3 is 2.65 bits per heavy atom. The molecular formula is C16H10Cl2O2. The fraction of sp³-hybridized carbons (Fsp3) is 0.0625. The van der Waals surface area contributed by atoms with Gasteiger partial charge in [0.25, 0.3) is 0 Å². The van der Waals surface area contributed by atoms with Crippen LogP contribution in [0.15, 0.2) is 48.0 Å². The van der Waals surface area contributed by atoms with E-state index in [0.717, 1.165) is 5.56 Å². The van der Waals surface area contributed by atoms with Crippen LogP contribution in [0.25, 0.3) is 6.08 Å². The van der Waals surface area contributed by atoms with Crippen LogP contribution in [0.3, 0.4) is 0 Å². The molecule has 0 saturated carbocycles. The Kier molecular flexibility index (Phi) is 3.51. The van der Waals surface area contributed by atoms with Gasteiger partial charge in [0.2, 0.25) is 0 Å². The molecule has 0 aromatic heterocycles. The highest BCUT2D eigenvalue weighted by molar-refractivity contribution is 6.42. The number of Topliss-reactive ketones (excluding diaryl/α,β-unsaturated/α-hetero) is 1. The molecule has 0 radical (unpaired) electrons. The van der Waals surface area contributed by atoms with Gasteiger partial charge in [0.1, 0.15) is 12.4 Å². The molecule has 2 aromatic rings. The molecule has 2 aromatic carbocycles. The molecule has 0 spiro atoms. The Bertz CT molecular complexity index is 720. The third-order valence-corrected chi connectivity index (χ3v) is 3.83. The van der Waals surface area contributed by atoms with E-state index in [2.05, 4.69) is 0 Å². The molecule has 1 aliphatic rings. The lowest BCUT2D eigenvalue weighted by Gasteiger charge is -2.18. The van der Waals surface area contributed by atoms with Crippen LogP contribution in [-0.2, 0) is 0 Å². The summed E-state index contributed by atoms with van der Waals surface area (Å²) >= 11 is 11.8. The minimum Gasteiger partial charge on any atom is -0.488 e. The smallest absolute Gasteiger partial charge is 0.196 e. The van der Waals surface area contributed by atoms with Gasteiger partial charge in [-0.2, -0.15) is 0 Å². The first-order valence-corrected chi connectivity index (χ1v) is 6.83. The third-order valence-electron chi connectivity index (χ3n) is 3.09. The monoisotopic (exact) mass is 304 g/mol. The first-order chi connectivity index (χ1) is 9.65. The normalized spacial score (nSPS) is 15.9. The maximum atomic E-state index is 12.4. The van der Waals surface area contributed by atoms with Crippen LogP contribution in [0.1, 0.15) is 15.9 Å². The highest BCUT2D eigenvalue weighted by Crippen LogP contribution is 2.29. The van der Waals surface area contributed by atoms with Gasteiger partial charge in [-0.1, -0.05) is 41.4 Å². The average molecular weight is 305 g/mol. The minimum atomic E-state index is -0.0158. The van der Waals surface area contributed by atoms with Gasteiger partial charge in [0, 0.05) is 5.57 Å². The quantitative estimate of drug-likeness (QED) is 0.717. The molecule has 0 N–H and O–H groups in total.